The second kappa shape index (κ2) is 10.5. The molecule has 0 saturated heterocycles. The van der Waals surface area contributed by atoms with Gasteiger partial charge in [0.05, 0.1) is 12.0 Å². The van der Waals surface area contributed by atoms with Gasteiger partial charge in [-0.05, 0) is 55.1 Å². The summed E-state index contributed by atoms with van der Waals surface area (Å²) in [4.78, 5) is 13.3. The number of hydrogen-bond acceptors (Lipinski definition) is 6. The predicted molar refractivity (Wildman–Crippen MR) is 121 cm³/mol. The van der Waals surface area contributed by atoms with Crippen LogP contribution in [0.5, 0.6) is 0 Å². The molecule has 0 aliphatic heterocycles. The fourth-order valence-corrected chi connectivity index (χ4v) is 3.85. The van der Waals surface area contributed by atoms with Crippen molar-refractivity contribution in [2.45, 2.75) is 23.5 Å². The maximum absolute atomic E-state index is 12.1. The number of benzene rings is 2. The van der Waals surface area contributed by atoms with Crippen molar-refractivity contribution < 1.29 is 4.79 Å². The molecule has 29 heavy (non-hydrogen) atoms. The predicted octanol–water partition coefficient (Wildman–Crippen LogP) is 4.58. The van der Waals surface area contributed by atoms with Crippen LogP contribution in [0.15, 0.2) is 63.7 Å². The zero-order valence-corrected chi connectivity index (χ0v) is 18.4. The Morgan fingerprint density at radius 1 is 1.17 bits per heavy atom. The van der Waals surface area contributed by atoms with Crippen LogP contribution < -0.4 is 5.43 Å². The Morgan fingerprint density at radius 3 is 2.55 bits per heavy atom. The van der Waals surface area contributed by atoms with Crippen molar-refractivity contribution >= 4 is 47.2 Å². The summed E-state index contributed by atoms with van der Waals surface area (Å²) in [5.74, 6) is 0.742. The zero-order chi connectivity index (χ0) is 20.6. The van der Waals surface area contributed by atoms with Gasteiger partial charge < -0.3 is 4.57 Å². The molecule has 1 aromatic heterocycles. The first-order valence-electron chi connectivity index (χ1n) is 8.88. The van der Waals surface area contributed by atoms with Crippen LogP contribution in [0, 0.1) is 0 Å². The summed E-state index contributed by atoms with van der Waals surface area (Å²) in [6.07, 6.45) is 3.65. The third-order valence-electron chi connectivity index (χ3n) is 3.99. The first-order chi connectivity index (χ1) is 14.1. The number of nitrogens with one attached hydrogen (secondary N) is 1. The highest BCUT2D eigenvalue weighted by Gasteiger charge is 2.14. The normalized spacial score (nSPS) is 11.1. The van der Waals surface area contributed by atoms with Crippen LogP contribution in [-0.2, 0) is 11.3 Å². The maximum atomic E-state index is 12.1. The van der Waals surface area contributed by atoms with Crippen molar-refractivity contribution in [1.82, 2.24) is 20.2 Å². The Balaban J connectivity index is 1.57. The molecule has 0 radical (unpaired) electrons. The minimum absolute atomic E-state index is 0.196. The summed E-state index contributed by atoms with van der Waals surface area (Å²) < 4.78 is 1.97. The van der Waals surface area contributed by atoms with Crippen LogP contribution in [0.1, 0.15) is 12.5 Å². The van der Waals surface area contributed by atoms with E-state index in [1.807, 2.05) is 66.3 Å². The Morgan fingerprint density at radius 2 is 1.90 bits per heavy atom. The van der Waals surface area contributed by atoms with Crippen molar-refractivity contribution in [1.29, 1.82) is 0 Å². The van der Waals surface area contributed by atoms with Gasteiger partial charge in [-0.3, -0.25) is 4.79 Å². The van der Waals surface area contributed by atoms with E-state index in [9.17, 15) is 4.79 Å². The largest absolute Gasteiger partial charge is 0.302 e. The van der Waals surface area contributed by atoms with Crippen molar-refractivity contribution in [2.24, 2.45) is 5.10 Å². The van der Waals surface area contributed by atoms with Gasteiger partial charge in [0.1, 0.15) is 0 Å². The maximum Gasteiger partial charge on any atom is 0.250 e. The molecule has 0 spiro atoms. The van der Waals surface area contributed by atoms with Crippen LogP contribution in [0.2, 0.25) is 5.02 Å². The molecule has 3 aromatic rings. The molecule has 0 fully saturated rings. The monoisotopic (exact) mass is 445 g/mol. The minimum Gasteiger partial charge on any atom is -0.302 e. The average Bonchev–Trinajstić information content (AvgIpc) is 3.16. The summed E-state index contributed by atoms with van der Waals surface area (Å²) in [7, 11) is 0. The molecular weight excluding hydrogens is 426 g/mol. The zero-order valence-electron chi connectivity index (χ0n) is 16.0. The molecule has 1 amide bonds. The molecule has 0 aliphatic rings. The van der Waals surface area contributed by atoms with Gasteiger partial charge in [-0.2, -0.15) is 5.10 Å². The van der Waals surface area contributed by atoms with Gasteiger partial charge in [-0.25, -0.2) is 5.43 Å². The summed E-state index contributed by atoms with van der Waals surface area (Å²) in [5.41, 5.74) is 4.40. The van der Waals surface area contributed by atoms with Crippen LogP contribution in [-0.4, -0.2) is 38.9 Å². The van der Waals surface area contributed by atoms with Gasteiger partial charge in [0.15, 0.2) is 11.0 Å². The number of halogens is 1. The van der Waals surface area contributed by atoms with Gasteiger partial charge in [0.2, 0.25) is 0 Å². The third kappa shape index (κ3) is 5.85. The summed E-state index contributed by atoms with van der Waals surface area (Å²) in [6, 6.07) is 15.4. The molecule has 0 saturated carbocycles. The lowest BCUT2D eigenvalue weighted by Gasteiger charge is -2.07. The first-order valence-corrected chi connectivity index (χ1v) is 11.5. The Kier molecular flexibility index (Phi) is 7.74. The molecule has 9 heteroatoms. The standard InChI is InChI=1S/C20H20ClN5OS2/c1-3-26-19(15-6-8-16(21)9-7-15)24-25-20(26)29-13-18(27)23-22-12-14-4-10-17(28-2)11-5-14/h4-12H,3,13H2,1-2H3,(H,23,27)/b22-12-. The fraction of sp³-hybridized carbons (Fsp3) is 0.200. The smallest absolute Gasteiger partial charge is 0.250 e. The summed E-state index contributed by atoms with van der Waals surface area (Å²) >= 11 is 8.96. The Bertz CT molecular complexity index is 987. The van der Waals surface area contributed by atoms with Crippen molar-refractivity contribution in [2.75, 3.05) is 12.0 Å². The number of hydrogen-bond donors (Lipinski definition) is 1. The van der Waals surface area contributed by atoms with Gasteiger partial charge in [-0.1, -0.05) is 35.5 Å². The topological polar surface area (TPSA) is 72.2 Å². The molecule has 0 bridgehead atoms. The van der Waals surface area contributed by atoms with E-state index in [2.05, 4.69) is 20.7 Å². The Labute approximate surface area is 183 Å². The molecular formula is C20H20ClN5OS2. The lowest BCUT2D eigenvalue weighted by molar-refractivity contribution is -0.118. The van der Waals surface area contributed by atoms with E-state index in [0.717, 1.165) is 17.0 Å². The number of carbonyl (C=O) groups excluding carboxylic acids is 1. The first kappa shape index (κ1) is 21.4. The number of rotatable bonds is 8. The van der Waals surface area contributed by atoms with E-state index in [-0.39, 0.29) is 11.7 Å². The number of hydrazone groups is 1. The third-order valence-corrected chi connectivity index (χ3v) is 5.95. The number of aromatic nitrogens is 3. The number of nitrogens with zero attached hydrogens (tertiary/aromatic N) is 4. The van der Waals surface area contributed by atoms with Crippen LogP contribution in [0.4, 0.5) is 0 Å². The molecule has 3 rings (SSSR count). The molecule has 0 atom stereocenters. The highest BCUT2D eigenvalue weighted by Crippen LogP contribution is 2.25. The molecule has 1 N–H and O–H groups in total. The molecule has 6 nitrogen and oxygen atoms in total. The Hall–Kier alpha value is -2.29. The van der Waals surface area contributed by atoms with Gasteiger partial charge in [0.25, 0.3) is 5.91 Å². The van der Waals surface area contributed by atoms with Crippen LogP contribution >= 0.6 is 35.1 Å². The van der Waals surface area contributed by atoms with E-state index < -0.39 is 0 Å². The molecule has 150 valence electrons. The summed E-state index contributed by atoms with van der Waals surface area (Å²) in [6.45, 7) is 2.71. The van der Waals surface area contributed by atoms with Crippen molar-refractivity contribution in [3.8, 4) is 11.4 Å². The van der Waals surface area contributed by atoms with Gasteiger partial charge in [0, 0.05) is 22.0 Å². The van der Waals surface area contributed by atoms with E-state index in [4.69, 9.17) is 11.6 Å². The molecule has 2 aromatic carbocycles. The van der Waals surface area contributed by atoms with E-state index in [1.54, 1.807) is 18.0 Å². The van der Waals surface area contributed by atoms with Gasteiger partial charge >= 0.3 is 0 Å². The van der Waals surface area contributed by atoms with Crippen molar-refractivity contribution in [3.63, 3.8) is 0 Å². The van der Waals surface area contributed by atoms with Crippen molar-refractivity contribution in [3.05, 3.63) is 59.1 Å². The quantitative estimate of drug-likeness (QED) is 0.312. The highest BCUT2D eigenvalue weighted by molar-refractivity contribution is 7.99. The average molecular weight is 446 g/mol. The second-order valence-corrected chi connectivity index (χ2v) is 8.17. The van der Waals surface area contributed by atoms with Gasteiger partial charge in [-0.15, -0.1) is 22.0 Å². The molecule has 1 heterocycles. The number of carbonyl (C=O) groups is 1. The lowest BCUT2D eigenvalue weighted by Crippen LogP contribution is -2.20. The minimum atomic E-state index is -0.203. The summed E-state index contributed by atoms with van der Waals surface area (Å²) in [5, 5.41) is 13.9. The lowest BCUT2D eigenvalue weighted by atomic mass is 10.2. The number of thioether (sulfide) groups is 2. The molecule has 0 unspecified atom stereocenters. The van der Waals surface area contributed by atoms with E-state index in [1.165, 1.54) is 16.7 Å². The van der Waals surface area contributed by atoms with E-state index in [0.29, 0.717) is 16.7 Å². The second-order valence-electron chi connectivity index (χ2n) is 5.91. The SMILES string of the molecule is CCn1c(SCC(=O)N/N=C\c2ccc(SC)cc2)nnc1-c1ccc(Cl)cc1. The van der Waals surface area contributed by atoms with Crippen LogP contribution in [0.25, 0.3) is 11.4 Å². The van der Waals surface area contributed by atoms with Crippen LogP contribution in [0.3, 0.4) is 0 Å². The van der Waals surface area contributed by atoms with E-state index >= 15 is 0 Å². The fourth-order valence-electron chi connectivity index (χ4n) is 2.52. The number of amides is 1. The highest BCUT2D eigenvalue weighted by atomic mass is 35.5. The molecule has 0 aliphatic carbocycles.